The van der Waals surface area contributed by atoms with E-state index < -0.39 is 6.10 Å². The van der Waals surface area contributed by atoms with Gasteiger partial charge < -0.3 is 24.1 Å². The van der Waals surface area contributed by atoms with E-state index in [9.17, 15) is 5.11 Å². The van der Waals surface area contributed by atoms with Crippen LogP contribution in [0, 0.1) is 5.92 Å². The summed E-state index contributed by atoms with van der Waals surface area (Å²) in [6, 6.07) is 5.94. The molecule has 27 heavy (non-hydrogen) atoms. The number of hydrogen-bond acceptors (Lipinski definition) is 6. The summed E-state index contributed by atoms with van der Waals surface area (Å²) in [6.07, 6.45) is 1.89. The van der Waals surface area contributed by atoms with Crippen molar-refractivity contribution >= 4 is 0 Å². The number of aliphatic hydroxyl groups excluding tert-OH is 1. The fourth-order valence-corrected chi connectivity index (χ4v) is 3.31. The van der Waals surface area contributed by atoms with E-state index in [0.717, 1.165) is 31.6 Å². The Labute approximate surface area is 163 Å². The lowest BCUT2D eigenvalue weighted by atomic mass is 10.1. The molecule has 1 aliphatic rings. The largest absolute Gasteiger partial charge is 0.493 e. The van der Waals surface area contributed by atoms with Gasteiger partial charge in [0.1, 0.15) is 0 Å². The van der Waals surface area contributed by atoms with Gasteiger partial charge in [-0.15, -0.1) is 0 Å². The van der Waals surface area contributed by atoms with Gasteiger partial charge in [-0.1, -0.05) is 19.9 Å². The smallest absolute Gasteiger partial charge is 0.161 e. The van der Waals surface area contributed by atoms with E-state index >= 15 is 0 Å². The second kappa shape index (κ2) is 11.5. The van der Waals surface area contributed by atoms with Gasteiger partial charge in [0, 0.05) is 32.8 Å². The zero-order valence-electron chi connectivity index (χ0n) is 17.1. The molecule has 2 atom stereocenters. The fraction of sp³-hybridized carbons (Fsp3) is 0.714. The van der Waals surface area contributed by atoms with Crippen LogP contribution in [-0.2, 0) is 16.0 Å². The lowest BCUT2D eigenvalue weighted by Gasteiger charge is -2.28. The van der Waals surface area contributed by atoms with Crippen molar-refractivity contribution in [3.05, 3.63) is 23.8 Å². The molecule has 1 aliphatic heterocycles. The zero-order chi connectivity index (χ0) is 19.6. The molecule has 6 nitrogen and oxygen atoms in total. The first-order chi connectivity index (χ1) is 13.0. The number of methoxy groups -OCH3 is 2. The number of hydrogen-bond donors (Lipinski definition) is 1. The van der Waals surface area contributed by atoms with E-state index in [0.29, 0.717) is 43.7 Å². The average Bonchev–Trinajstić information content (AvgIpc) is 3.14. The minimum Gasteiger partial charge on any atom is -0.493 e. The van der Waals surface area contributed by atoms with Gasteiger partial charge in [0.2, 0.25) is 0 Å². The third kappa shape index (κ3) is 7.66. The maximum absolute atomic E-state index is 10.4. The summed E-state index contributed by atoms with van der Waals surface area (Å²) >= 11 is 0. The minimum absolute atomic E-state index is 0.230. The summed E-state index contributed by atoms with van der Waals surface area (Å²) < 4.78 is 22.1. The monoisotopic (exact) mass is 381 g/mol. The number of ether oxygens (including phenoxy) is 4. The molecule has 1 fully saturated rings. The van der Waals surface area contributed by atoms with E-state index in [1.807, 2.05) is 18.2 Å². The molecule has 2 rings (SSSR count). The maximum atomic E-state index is 10.4. The molecular weight excluding hydrogens is 346 g/mol. The summed E-state index contributed by atoms with van der Waals surface area (Å²) in [5, 5.41) is 10.4. The quantitative estimate of drug-likeness (QED) is 0.601. The average molecular weight is 382 g/mol. The fourth-order valence-electron chi connectivity index (χ4n) is 3.31. The Bertz CT molecular complexity index is 545. The summed E-state index contributed by atoms with van der Waals surface area (Å²) in [4.78, 5) is 2.24. The highest BCUT2D eigenvalue weighted by atomic mass is 16.5. The molecule has 0 amide bonds. The Balaban J connectivity index is 1.98. The van der Waals surface area contributed by atoms with Crippen LogP contribution in [0.1, 0.15) is 32.3 Å². The molecule has 0 spiro atoms. The topological polar surface area (TPSA) is 60.4 Å². The molecule has 6 heteroatoms. The number of nitrogens with zero attached hydrogens (tertiary/aromatic N) is 1. The van der Waals surface area contributed by atoms with E-state index in [4.69, 9.17) is 18.9 Å². The van der Waals surface area contributed by atoms with Gasteiger partial charge in [-0.2, -0.15) is 0 Å². The van der Waals surface area contributed by atoms with Crippen molar-refractivity contribution in [3.8, 4) is 11.5 Å². The first-order valence-electron chi connectivity index (χ1n) is 9.82. The molecule has 0 radical (unpaired) electrons. The second-order valence-corrected chi connectivity index (χ2v) is 7.60. The first kappa shape index (κ1) is 22.0. The Kier molecular flexibility index (Phi) is 9.34. The van der Waals surface area contributed by atoms with Crippen LogP contribution in [0.5, 0.6) is 11.5 Å². The predicted molar refractivity (Wildman–Crippen MR) is 105 cm³/mol. The summed E-state index contributed by atoms with van der Waals surface area (Å²) in [6.45, 7) is 8.11. The van der Waals surface area contributed by atoms with Gasteiger partial charge in [0.25, 0.3) is 0 Å². The standard InChI is InChI=1S/C21H35NO5/c1-16(2)14-26-15-18(23)12-22(13-19-6-5-9-27-19)11-17-7-8-20(24-3)21(10-17)25-4/h7-8,10,16,18-19,23H,5-6,9,11-15H2,1-4H3. The molecule has 1 aromatic rings. The zero-order valence-corrected chi connectivity index (χ0v) is 17.1. The van der Waals surface area contributed by atoms with Crippen LogP contribution in [0.3, 0.4) is 0 Å². The SMILES string of the molecule is COc1ccc(CN(CC(O)COCC(C)C)CC2CCCO2)cc1OC. The highest BCUT2D eigenvalue weighted by Gasteiger charge is 2.22. The van der Waals surface area contributed by atoms with Crippen molar-refractivity contribution in [2.75, 3.05) is 47.1 Å². The number of benzene rings is 1. The molecule has 0 saturated carbocycles. The molecule has 1 aromatic carbocycles. The molecule has 0 aromatic heterocycles. The third-order valence-corrected chi connectivity index (χ3v) is 4.57. The number of aliphatic hydroxyl groups is 1. The molecule has 1 saturated heterocycles. The highest BCUT2D eigenvalue weighted by molar-refractivity contribution is 5.42. The molecular formula is C21H35NO5. The first-order valence-corrected chi connectivity index (χ1v) is 9.82. The van der Waals surface area contributed by atoms with Crippen LogP contribution in [0.4, 0.5) is 0 Å². The summed E-state index contributed by atoms with van der Waals surface area (Å²) in [7, 11) is 3.27. The Morgan fingerprint density at radius 3 is 2.59 bits per heavy atom. The predicted octanol–water partition coefficient (Wildman–Crippen LogP) is 2.72. The molecule has 1 N–H and O–H groups in total. The summed E-state index contributed by atoms with van der Waals surface area (Å²) in [5.74, 6) is 1.90. The van der Waals surface area contributed by atoms with Crippen molar-refractivity contribution in [1.82, 2.24) is 4.90 Å². The van der Waals surface area contributed by atoms with E-state index in [-0.39, 0.29) is 6.10 Å². The van der Waals surface area contributed by atoms with E-state index in [1.54, 1.807) is 14.2 Å². The van der Waals surface area contributed by atoms with Crippen molar-refractivity contribution in [2.45, 2.75) is 45.4 Å². The van der Waals surface area contributed by atoms with Crippen molar-refractivity contribution < 1.29 is 24.1 Å². The van der Waals surface area contributed by atoms with Gasteiger partial charge in [-0.3, -0.25) is 4.90 Å². The number of rotatable bonds is 12. The lowest BCUT2D eigenvalue weighted by Crippen LogP contribution is -2.39. The van der Waals surface area contributed by atoms with Crippen LogP contribution in [0.25, 0.3) is 0 Å². The van der Waals surface area contributed by atoms with Crippen LogP contribution in [0.2, 0.25) is 0 Å². The molecule has 1 heterocycles. The molecule has 0 bridgehead atoms. The molecule has 0 aliphatic carbocycles. The van der Waals surface area contributed by atoms with Gasteiger partial charge in [0.15, 0.2) is 11.5 Å². The normalized spacial score (nSPS) is 18.3. The molecule has 2 unspecified atom stereocenters. The van der Waals surface area contributed by atoms with Gasteiger partial charge in [-0.25, -0.2) is 0 Å². The van der Waals surface area contributed by atoms with Crippen LogP contribution in [-0.4, -0.2) is 69.3 Å². The Morgan fingerprint density at radius 1 is 1.19 bits per heavy atom. The van der Waals surface area contributed by atoms with Gasteiger partial charge in [0.05, 0.1) is 33.0 Å². The van der Waals surface area contributed by atoms with Crippen molar-refractivity contribution in [3.63, 3.8) is 0 Å². The Hall–Kier alpha value is -1.34. The van der Waals surface area contributed by atoms with Crippen LogP contribution >= 0.6 is 0 Å². The maximum Gasteiger partial charge on any atom is 0.161 e. The van der Waals surface area contributed by atoms with E-state index in [1.165, 1.54) is 0 Å². The van der Waals surface area contributed by atoms with Gasteiger partial charge in [-0.05, 0) is 36.5 Å². The summed E-state index contributed by atoms with van der Waals surface area (Å²) in [5.41, 5.74) is 1.11. The third-order valence-electron chi connectivity index (χ3n) is 4.57. The Morgan fingerprint density at radius 2 is 1.96 bits per heavy atom. The van der Waals surface area contributed by atoms with E-state index in [2.05, 4.69) is 18.7 Å². The van der Waals surface area contributed by atoms with Crippen LogP contribution in [0.15, 0.2) is 18.2 Å². The molecule has 154 valence electrons. The van der Waals surface area contributed by atoms with Crippen molar-refractivity contribution in [2.24, 2.45) is 5.92 Å². The van der Waals surface area contributed by atoms with Crippen molar-refractivity contribution in [1.29, 1.82) is 0 Å². The highest BCUT2D eigenvalue weighted by Crippen LogP contribution is 2.28. The minimum atomic E-state index is -0.523. The van der Waals surface area contributed by atoms with Crippen LogP contribution < -0.4 is 9.47 Å². The second-order valence-electron chi connectivity index (χ2n) is 7.60. The van der Waals surface area contributed by atoms with Gasteiger partial charge >= 0.3 is 0 Å². The lowest BCUT2D eigenvalue weighted by molar-refractivity contribution is -0.00391.